The molecule has 0 bridgehead atoms. The summed E-state index contributed by atoms with van der Waals surface area (Å²) in [6.07, 6.45) is 0. The molecule has 0 saturated heterocycles. The first-order valence-electron chi connectivity index (χ1n) is 6.08. The molecule has 0 radical (unpaired) electrons. The fraction of sp³-hybridized carbons (Fsp3) is 0.133. The van der Waals surface area contributed by atoms with Gasteiger partial charge in [-0.1, -0.05) is 0 Å². The molecule has 0 aliphatic heterocycles. The van der Waals surface area contributed by atoms with E-state index < -0.39 is 13.5 Å². The van der Waals surface area contributed by atoms with Gasteiger partial charge in [-0.2, -0.15) is 0 Å². The van der Waals surface area contributed by atoms with Gasteiger partial charge in [0.1, 0.15) is 0 Å². The summed E-state index contributed by atoms with van der Waals surface area (Å²) in [6.45, 7) is 0.530. The van der Waals surface area contributed by atoms with Gasteiger partial charge in [0.15, 0.2) is 0 Å². The Morgan fingerprint density at radius 1 is 1.24 bits per heavy atom. The number of nitrogens with one attached hydrogen (secondary N) is 1. The maximum absolute atomic E-state index is 13.3. The fourth-order valence-electron chi connectivity index (χ4n) is 1.89. The van der Waals surface area contributed by atoms with Gasteiger partial charge in [0.2, 0.25) is 0 Å². The number of benzene rings is 2. The minimum absolute atomic E-state index is 0.300. The molecule has 114 valence electrons. The van der Waals surface area contributed by atoms with Gasteiger partial charge in [0, 0.05) is 0 Å². The second-order valence-corrected chi connectivity index (χ2v) is 9.93. The summed E-state index contributed by atoms with van der Waals surface area (Å²) in [6, 6.07) is 12.2. The first kappa shape index (κ1) is 16.4. The molecule has 21 heavy (non-hydrogen) atoms. The van der Waals surface area contributed by atoms with E-state index in [1.807, 2.05) is 24.3 Å². The van der Waals surface area contributed by atoms with Crippen molar-refractivity contribution in [2.45, 2.75) is 6.54 Å². The van der Waals surface area contributed by atoms with Gasteiger partial charge in [-0.3, -0.25) is 0 Å². The van der Waals surface area contributed by atoms with Crippen molar-refractivity contribution in [3.05, 3.63) is 59.4 Å². The molecule has 2 rings (SSSR count). The Morgan fingerprint density at radius 2 is 2.00 bits per heavy atom. The van der Waals surface area contributed by atoms with E-state index in [4.69, 9.17) is 24.1 Å². The average molecular weight is 415 g/mol. The molecular weight excluding hydrogens is 401 g/mol. The number of hydrogen-bond donors (Lipinski definition) is 1. The maximum atomic E-state index is 13.3. The second kappa shape index (κ2) is 7.88. The number of para-hydroxylation sites is 2. The number of halogens is 3. The van der Waals surface area contributed by atoms with Crippen molar-refractivity contribution in [3.8, 4) is 5.75 Å². The first-order chi connectivity index (χ1) is 10.1. The molecule has 6 heteroatoms. The van der Waals surface area contributed by atoms with Crippen LogP contribution in [-0.2, 0) is 20.1 Å². The number of methoxy groups -OCH3 is 1. The molecule has 2 aromatic rings. The standard InChI is InChI=1S/C15H14FNO.2ClH.Ru/c1-11-9-13(16)8-7-12(11)10-17-14-5-3-4-6-15(14)18-2;;;/h1,3-9,17H,10H2,2H3;2*1H;/q;;;+2/p-2. The number of ether oxygens (including phenoxy) is 1. The quantitative estimate of drug-likeness (QED) is 0.726. The summed E-state index contributed by atoms with van der Waals surface area (Å²) in [5.74, 6) is 0.457. The Labute approximate surface area is 136 Å². The van der Waals surface area contributed by atoms with Gasteiger partial charge in [-0.05, 0) is 0 Å². The van der Waals surface area contributed by atoms with E-state index in [1.54, 1.807) is 17.8 Å². The Bertz CT molecular complexity index is 660. The number of rotatable bonds is 5. The van der Waals surface area contributed by atoms with Crippen LogP contribution < -0.4 is 10.1 Å². The molecule has 0 aliphatic rings. The molecule has 0 unspecified atom stereocenters. The summed E-state index contributed by atoms with van der Waals surface area (Å²) >= 11 is -2.00. The van der Waals surface area contributed by atoms with E-state index in [2.05, 4.69) is 5.32 Å². The molecule has 2 nitrogen and oxygen atoms in total. The van der Waals surface area contributed by atoms with Crippen LogP contribution in [0.2, 0.25) is 0 Å². The predicted molar refractivity (Wildman–Crippen MR) is 83.6 cm³/mol. The van der Waals surface area contributed by atoms with Crippen molar-refractivity contribution in [3.63, 3.8) is 0 Å². The molecule has 0 atom stereocenters. The normalized spacial score (nSPS) is 11.0. The molecule has 0 aromatic heterocycles. The molecule has 0 heterocycles. The van der Waals surface area contributed by atoms with Gasteiger partial charge < -0.3 is 0 Å². The Kier molecular flexibility index (Phi) is 6.16. The molecule has 0 fully saturated rings. The van der Waals surface area contributed by atoms with Crippen LogP contribution in [-0.4, -0.2) is 11.7 Å². The first-order valence-corrected chi connectivity index (χ1v) is 11.6. The van der Waals surface area contributed by atoms with Crippen molar-refractivity contribution in [1.82, 2.24) is 0 Å². The van der Waals surface area contributed by atoms with E-state index in [0.29, 0.717) is 6.54 Å². The molecule has 0 saturated carbocycles. The Morgan fingerprint density at radius 3 is 2.71 bits per heavy atom. The van der Waals surface area contributed by atoms with Crippen LogP contribution in [0.3, 0.4) is 0 Å². The third-order valence-corrected chi connectivity index (χ3v) is 4.70. The number of hydrogen-bond acceptors (Lipinski definition) is 2. The zero-order chi connectivity index (χ0) is 15.2. The average Bonchev–Trinajstić information content (AvgIpc) is 2.46. The fourth-order valence-corrected chi connectivity index (χ4v) is 3.75. The van der Waals surface area contributed by atoms with E-state index >= 15 is 0 Å². The van der Waals surface area contributed by atoms with Crippen molar-refractivity contribution >= 4 is 29.7 Å². The van der Waals surface area contributed by atoms with Gasteiger partial charge in [0.05, 0.1) is 0 Å². The van der Waals surface area contributed by atoms with Crippen LogP contribution in [0.4, 0.5) is 10.1 Å². The van der Waals surface area contributed by atoms with Crippen molar-refractivity contribution in [2.75, 3.05) is 12.4 Å². The van der Waals surface area contributed by atoms with Gasteiger partial charge in [-0.25, -0.2) is 0 Å². The van der Waals surface area contributed by atoms with Crippen LogP contribution in [0.25, 0.3) is 0 Å². The zero-order valence-corrected chi connectivity index (χ0v) is 14.5. The zero-order valence-electron chi connectivity index (χ0n) is 11.2. The topological polar surface area (TPSA) is 21.3 Å². The minimum atomic E-state index is -2.00. The van der Waals surface area contributed by atoms with Crippen LogP contribution in [0, 0.1) is 5.82 Å². The van der Waals surface area contributed by atoms with Crippen LogP contribution in [0.15, 0.2) is 42.5 Å². The summed E-state index contributed by atoms with van der Waals surface area (Å²) in [7, 11) is 13.4. The van der Waals surface area contributed by atoms with Gasteiger partial charge in [-0.15, -0.1) is 0 Å². The molecular formula is C15H14Cl2FNORu. The van der Waals surface area contributed by atoms with Crippen LogP contribution >= 0.6 is 19.4 Å². The van der Waals surface area contributed by atoms with Crippen LogP contribution in [0.5, 0.6) is 5.75 Å². The molecule has 2 aromatic carbocycles. The van der Waals surface area contributed by atoms with Crippen molar-refractivity contribution in [2.24, 2.45) is 0 Å². The molecule has 0 spiro atoms. The number of anilines is 1. The third kappa shape index (κ3) is 4.77. The van der Waals surface area contributed by atoms with Gasteiger partial charge in [0.25, 0.3) is 0 Å². The SMILES string of the molecule is COc1ccccc1NCc1ccc(F)cc1[CH]=[Ru]([Cl])[Cl]. The molecule has 0 amide bonds. The van der Waals surface area contributed by atoms with Gasteiger partial charge >= 0.3 is 136 Å². The van der Waals surface area contributed by atoms with Crippen molar-refractivity contribution < 1.29 is 22.6 Å². The monoisotopic (exact) mass is 415 g/mol. The summed E-state index contributed by atoms with van der Waals surface area (Å²) in [5.41, 5.74) is 2.55. The molecule has 1 N–H and O–H groups in total. The second-order valence-electron chi connectivity index (χ2n) is 4.20. The van der Waals surface area contributed by atoms with E-state index in [-0.39, 0.29) is 5.82 Å². The summed E-state index contributed by atoms with van der Waals surface area (Å²) in [5, 5.41) is 3.28. The predicted octanol–water partition coefficient (Wildman–Crippen LogP) is 4.52. The van der Waals surface area contributed by atoms with E-state index in [0.717, 1.165) is 22.6 Å². The summed E-state index contributed by atoms with van der Waals surface area (Å²) < 4.78 is 20.4. The Balaban J connectivity index is 2.22. The molecule has 0 aliphatic carbocycles. The Hall–Kier alpha value is -0.957. The van der Waals surface area contributed by atoms with Crippen molar-refractivity contribution in [1.29, 1.82) is 0 Å². The van der Waals surface area contributed by atoms with E-state index in [9.17, 15) is 4.39 Å². The van der Waals surface area contributed by atoms with E-state index in [1.165, 1.54) is 12.1 Å². The van der Waals surface area contributed by atoms with Crippen LogP contribution in [0.1, 0.15) is 11.1 Å². The third-order valence-electron chi connectivity index (χ3n) is 2.87. The summed E-state index contributed by atoms with van der Waals surface area (Å²) in [4.78, 5) is 0.